The van der Waals surface area contributed by atoms with Crippen LogP contribution in [-0.2, 0) is 17.6 Å². The van der Waals surface area contributed by atoms with Crippen LogP contribution in [0.2, 0.25) is 0 Å². The first kappa shape index (κ1) is 13.1. The molecule has 0 aliphatic heterocycles. The predicted octanol–water partition coefficient (Wildman–Crippen LogP) is 2.34. The summed E-state index contributed by atoms with van der Waals surface area (Å²) in [6.07, 6.45) is 4.30. The van der Waals surface area contributed by atoms with E-state index in [9.17, 15) is 4.79 Å². The first-order valence-electron chi connectivity index (χ1n) is 6.65. The van der Waals surface area contributed by atoms with Gasteiger partial charge in [0.25, 0.3) is 0 Å². The van der Waals surface area contributed by atoms with Gasteiger partial charge in [0.15, 0.2) is 0 Å². The van der Waals surface area contributed by atoms with Crippen LogP contribution in [-0.4, -0.2) is 35.6 Å². The van der Waals surface area contributed by atoms with Crippen LogP contribution in [0.3, 0.4) is 0 Å². The van der Waals surface area contributed by atoms with Gasteiger partial charge in [-0.15, -0.1) is 0 Å². The third-order valence-electron chi connectivity index (χ3n) is 3.80. The third kappa shape index (κ3) is 3.33. The van der Waals surface area contributed by atoms with Crippen molar-refractivity contribution in [1.82, 2.24) is 4.90 Å². The van der Waals surface area contributed by atoms with E-state index in [-0.39, 0.29) is 0 Å². The number of fused-ring (bicyclic) bond motifs is 1. The minimum atomic E-state index is -0.689. The third-order valence-corrected chi connectivity index (χ3v) is 3.80. The molecule has 0 aromatic heterocycles. The van der Waals surface area contributed by atoms with Crippen molar-refractivity contribution in [1.29, 1.82) is 0 Å². The Labute approximate surface area is 108 Å². The summed E-state index contributed by atoms with van der Waals surface area (Å²) in [6.45, 7) is 0.992. The molecule has 3 nitrogen and oxygen atoms in total. The summed E-state index contributed by atoms with van der Waals surface area (Å²) in [6, 6.07) is 9.23. The van der Waals surface area contributed by atoms with Gasteiger partial charge in [-0.25, -0.2) is 0 Å². The monoisotopic (exact) mass is 247 g/mol. The zero-order valence-corrected chi connectivity index (χ0v) is 10.9. The number of carboxylic acid groups (broad SMARTS) is 1. The summed E-state index contributed by atoms with van der Waals surface area (Å²) in [4.78, 5) is 12.8. The van der Waals surface area contributed by atoms with Crippen molar-refractivity contribution in [3.63, 3.8) is 0 Å². The van der Waals surface area contributed by atoms with Gasteiger partial charge in [-0.1, -0.05) is 24.3 Å². The van der Waals surface area contributed by atoms with Gasteiger partial charge in [-0.2, -0.15) is 0 Å². The van der Waals surface area contributed by atoms with E-state index in [2.05, 4.69) is 36.2 Å². The molecule has 0 spiro atoms. The Morgan fingerprint density at radius 2 is 1.89 bits per heavy atom. The molecule has 0 atom stereocenters. The van der Waals surface area contributed by atoms with Gasteiger partial charge in [0.1, 0.15) is 0 Å². The summed E-state index contributed by atoms with van der Waals surface area (Å²) in [5.41, 5.74) is 2.94. The molecule has 0 heterocycles. The zero-order chi connectivity index (χ0) is 13.0. The van der Waals surface area contributed by atoms with Gasteiger partial charge >= 0.3 is 5.97 Å². The average molecular weight is 247 g/mol. The van der Waals surface area contributed by atoms with Gasteiger partial charge < -0.3 is 10.0 Å². The van der Waals surface area contributed by atoms with Crippen LogP contribution in [0.5, 0.6) is 0 Å². The van der Waals surface area contributed by atoms with Crippen LogP contribution in [0, 0.1) is 0 Å². The van der Waals surface area contributed by atoms with E-state index in [1.807, 2.05) is 0 Å². The largest absolute Gasteiger partial charge is 0.481 e. The minimum Gasteiger partial charge on any atom is -0.481 e. The molecule has 0 saturated carbocycles. The van der Waals surface area contributed by atoms with E-state index in [1.165, 1.54) is 11.1 Å². The Bertz CT molecular complexity index is 392. The quantitative estimate of drug-likeness (QED) is 0.784. The van der Waals surface area contributed by atoms with Gasteiger partial charge in [0.05, 0.1) is 0 Å². The molecule has 0 radical (unpaired) electrons. The maximum atomic E-state index is 10.4. The number of carbonyl (C=O) groups is 1. The van der Waals surface area contributed by atoms with E-state index in [0.717, 1.165) is 32.2 Å². The molecule has 1 N–H and O–H groups in total. The van der Waals surface area contributed by atoms with Crippen LogP contribution < -0.4 is 0 Å². The molecule has 0 amide bonds. The van der Waals surface area contributed by atoms with Gasteiger partial charge in [0.2, 0.25) is 0 Å². The summed E-state index contributed by atoms with van der Waals surface area (Å²) < 4.78 is 0. The highest BCUT2D eigenvalue weighted by Gasteiger charge is 2.23. The number of unbranched alkanes of at least 4 members (excludes halogenated alkanes) is 1. The van der Waals surface area contributed by atoms with Crippen molar-refractivity contribution < 1.29 is 9.90 Å². The van der Waals surface area contributed by atoms with E-state index >= 15 is 0 Å². The zero-order valence-electron chi connectivity index (χ0n) is 10.9. The number of nitrogens with zero attached hydrogens (tertiary/aromatic N) is 1. The molecule has 2 rings (SSSR count). The van der Waals surface area contributed by atoms with Crippen LogP contribution >= 0.6 is 0 Å². The van der Waals surface area contributed by atoms with Crippen molar-refractivity contribution in [2.75, 3.05) is 13.6 Å². The van der Waals surface area contributed by atoms with Crippen LogP contribution in [0.25, 0.3) is 0 Å². The topological polar surface area (TPSA) is 40.5 Å². The highest BCUT2D eigenvalue weighted by atomic mass is 16.4. The molecule has 1 aliphatic rings. The number of rotatable bonds is 6. The molecule has 1 aromatic carbocycles. The van der Waals surface area contributed by atoms with Crippen LogP contribution in [0.4, 0.5) is 0 Å². The van der Waals surface area contributed by atoms with E-state index in [1.54, 1.807) is 0 Å². The van der Waals surface area contributed by atoms with Crippen molar-refractivity contribution in [2.24, 2.45) is 0 Å². The maximum absolute atomic E-state index is 10.4. The van der Waals surface area contributed by atoms with Crippen molar-refractivity contribution in [2.45, 2.75) is 38.1 Å². The Morgan fingerprint density at radius 1 is 1.28 bits per heavy atom. The first-order chi connectivity index (χ1) is 8.66. The van der Waals surface area contributed by atoms with Gasteiger partial charge in [0, 0.05) is 12.5 Å². The lowest BCUT2D eigenvalue weighted by Crippen LogP contribution is -2.33. The fourth-order valence-corrected chi connectivity index (χ4v) is 2.67. The second-order valence-corrected chi connectivity index (χ2v) is 5.16. The Hall–Kier alpha value is -1.35. The second-order valence-electron chi connectivity index (χ2n) is 5.16. The number of hydrogen-bond acceptors (Lipinski definition) is 2. The number of carboxylic acids is 1. The molecule has 0 bridgehead atoms. The lowest BCUT2D eigenvalue weighted by Gasteiger charge is -2.23. The average Bonchev–Trinajstić information content (AvgIpc) is 2.78. The molecule has 0 unspecified atom stereocenters. The van der Waals surface area contributed by atoms with E-state index < -0.39 is 5.97 Å². The molecular formula is C15H21NO2. The summed E-state index contributed by atoms with van der Waals surface area (Å²) in [5, 5.41) is 8.59. The number of likely N-dealkylation sites (N-methyl/N-ethyl adjacent to an activating group) is 1. The highest BCUT2D eigenvalue weighted by Crippen LogP contribution is 2.24. The molecule has 0 fully saturated rings. The number of benzene rings is 1. The molecule has 0 saturated heterocycles. The molecule has 98 valence electrons. The summed E-state index contributed by atoms with van der Waals surface area (Å²) in [5.74, 6) is -0.689. The number of aliphatic carboxylic acids is 1. The Morgan fingerprint density at radius 3 is 2.44 bits per heavy atom. The fourth-order valence-electron chi connectivity index (χ4n) is 2.67. The lowest BCUT2D eigenvalue weighted by molar-refractivity contribution is -0.137. The molecule has 3 heteroatoms. The fraction of sp³-hybridized carbons (Fsp3) is 0.533. The molecule has 1 aliphatic carbocycles. The lowest BCUT2D eigenvalue weighted by atomic mass is 10.1. The van der Waals surface area contributed by atoms with Crippen LogP contribution in [0.15, 0.2) is 24.3 Å². The van der Waals surface area contributed by atoms with Crippen LogP contribution in [0.1, 0.15) is 30.4 Å². The Balaban J connectivity index is 1.75. The number of hydrogen-bond donors (Lipinski definition) is 1. The van der Waals surface area contributed by atoms with Gasteiger partial charge in [-0.05, 0) is 50.4 Å². The summed E-state index contributed by atoms with van der Waals surface area (Å²) >= 11 is 0. The molecule has 1 aromatic rings. The second kappa shape index (κ2) is 6.01. The van der Waals surface area contributed by atoms with Crippen molar-refractivity contribution in [3.8, 4) is 0 Å². The molecular weight excluding hydrogens is 226 g/mol. The highest BCUT2D eigenvalue weighted by molar-refractivity contribution is 5.66. The standard InChI is InChI=1S/C15H21NO2/c1-16(9-5-4-8-15(17)18)14-10-12-6-2-3-7-13(12)11-14/h2-3,6-7,14H,4-5,8-11H2,1H3,(H,17,18). The molecule has 18 heavy (non-hydrogen) atoms. The van der Waals surface area contributed by atoms with Crippen molar-refractivity contribution in [3.05, 3.63) is 35.4 Å². The smallest absolute Gasteiger partial charge is 0.303 e. The van der Waals surface area contributed by atoms with E-state index in [4.69, 9.17) is 5.11 Å². The van der Waals surface area contributed by atoms with Crippen molar-refractivity contribution >= 4 is 5.97 Å². The SMILES string of the molecule is CN(CCCCC(=O)O)C1Cc2ccccc2C1. The summed E-state index contributed by atoms with van der Waals surface area (Å²) in [7, 11) is 2.15. The van der Waals surface area contributed by atoms with Gasteiger partial charge in [-0.3, -0.25) is 4.79 Å². The first-order valence-corrected chi connectivity index (χ1v) is 6.65. The normalized spacial score (nSPS) is 15.0. The predicted molar refractivity (Wildman–Crippen MR) is 71.8 cm³/mol. The maximum Gasteiger partial charge on any atom is 0.303 e. The van der Waals surface area contributed by atoms with E-state index in [0.29, 0.717) is 12.5 Å². The minimum absolute atomic E-state index is 0.290. The Kier molecular flexibility index (Phi) is 4.37.